The summed E-state index contributed by atoms with van der Waals surface area (Å²) in [4.78, 5) is 37.2. The highest BCUT2D eigenvalue weighted by molar-refractivity contribution is 7.48. The van der Waals surface area contributed by atoms with Crippen LogP contribution in [0.5, 0.6) is 0 Å². The molecule has 552 valence electrons. The van der Waals surface area contributed by atoms with Crippen molar-refractivity contribution in [3.8, 4) is 83.4 Å². The molecule has 2 heterocycles. The van der Waals surface area contributed by atoms with Gasteiger partial charge in [0, 0.05) is 39.8 Å². The van der Waals surface area contributed by atoms with E-state index in [1.54, 1.807) is 20.1 Å². The SMILES string of the molecule is C#CC#CC#CC#CC#CC#CC#CCC(=O)CC(=O)NC1[C@@H](O/C=C\C)O[C@H](CO[C@@H]2O[C@H](COC)[C@@H](OP(=O)(OCC=C)OCC=C)[C@H](OCC[C@@H](CCCCCCC)OC)[C@H]2N)[C@@H](C)[C@@H]1OCCCCCCCCCC.CCCCCC/C=C\CCCCCCCCCC(=O)Cl. The van der Waals surface area contributed by atoms with Crippen molar-refractivity contribution in [2.45, 2.75) is 295 Å². The number of ether oxygens (including phenoxy) is 8. The zero-order valence-electron chi connectivity index (χ0n) is 61.0. The number of nitrogens with one attached hydrogen (secondary N) is 1. The molecule has 0 aromatic carbocycles. The standard InChI is InChI=1S/C62H87N2O14P.C18H33ClO/c1-10-16-19-22-24-26-27-28-29-30-31-34-36-39-51(65)47-55(66)64-57-58(70-45-38-35-32-25-23-20-17-11-2)50(7)53(76-62(57)72-42-13-4)49-73-61-56(63)60(71-46-41-52(69-9)40-37-33-21-18-12-3)59(54(77-61)48-68-8)78-79(67,74-43-14-5)75-44-15-6;1-2-3-4-5-6-7-8-9-10-11-12-13-14-15-16-17-18(19)20/h1,13-15,42,50,52-54,56-62H,5-6,11-12,17-18,20-21,23,25,32-33,35,37-41,43-49,63H2,2-4,7-9H3,(H,64,66);7-8H,2-6,9-17H2,1H3/b42-13-;8-7-/t50-,52-,53-,54-,56-,57?,58+,59-,60-,61-,62+;/m1./s1. The summed E-state index contributed by atoms with van der Waals surface area (Å²) in [7, 11) is -1.10. The van der Waals surface area contributed by atoms with E-state index >= 15 is 0 Å². The van der Waals surface area contributed by atoms with Crippen LogP contribution in [0, 0.1) is 89.3 Å². The molecule has 2 fully saturated rings. The van der Waals surface area contributed by atoms with Crippen molar-refractivity contribution in [2.24, 2.45) is 11.7 Å². The molecular formula is C80H120ClN2O15P. The summed E-state index contributed by atoms with van der Waals surface area (Å²) in [5, 5.41) is 2.79. The molecule has 0 aliphatic carbocycles. The van der Waals surface area contributed by atoms with Gasteiger partial charge < -0.3 is 48.9 Å². The summed E-state index contributed by atoms with van der Waals surface area (Å²) in [6.45, 7) is 18.0. The molecule has 99 heavy (non-hydrogen) atoms. The first-order valence-electron chi connectivity index (χ1n) is 36.3. The van der Waals surface area contributed by atoms with Crippen LogP contribution >= 0.6 is 19.4 Å². The fourth-order valence-corrected chi connectivity index (χ4v) is 12.3. The van der Waals surface area contributed by atoms with Crippen LogP contribution in [0.2, 0.25) is 0 Å². The minimum atomic E-state index is -4.29. The number of unbranched alkanes of at least 4 members (excludes halogenated alkanes) is 22. The van der Waals surface area contributed by atoms with E-state index < -0.39 is 87.0 Å². The molecule has 1 unspecified atom stereocenters. The van der Waals surface area contributed by atoms with Crippen molar-refractivity contribution < 1.29 is 70.4 Å². The number of hydrogen-bond acceptors (Lipinski definition) is 16. The molecule has 2 saturated heterocycles. The highest BCUT2D eigenvalue weighted by Crippen LogP contribution is 2.52. The van der Waals surface area contributed by atoms with Crippen LogP contribution < -0.4 is 11.1 Å². The molecule has 0 saturated carbocycles. The molecule has 19 heteroatoms. The summed E-state index contributed by atoms with van der Waals surface area (Å²) in [6.07, 6.45) is 41.4. The van der Waals surface area contributed by atoms with E-state index in [1.807, 2.05) is 6.92 Å². The minimum Gasteiger partial charge on any atom is -0.471 e. The number of rotatable bonds is 55. The maximum Gasteiger partial charge on any atom is 0.475 e. The average Bonchev–Trinajstić information content (AvgIpc) is 0.793. The van der Waals surface area contributed by atoms with Crippen molar-refractivity contribution in [1.29, 1.82) is 0 Å². The van der Waals surface area contributed by atoms with Gasteiger partial charge in [0.2, 0.25) is 17.4 Å². The van der Waals surface area contributed by atoms with Gasteiger partial charge in [-0.25, -0.2) is 4.57 Å². The van der Waals surface area contributed by atoms with Gasteiger partial charge in [-0.15, -0.1) is 19.6 Å². The number of terminal acetylenes is 1. The fraction of sp³-hybridized carbons (Fsp3) is 0.688. The highest BCUT2D eigenvalue weighted by Gasteiger charge is 2.52. The fourth-order valence-electron chi connectivity index (χ4n) is 10.8. The second-order valence-electron chi connectivity index (χ2n) is 24.5. The lowest BCUT2D eigenvalue weighted by Crippen LogP contribution is -2.65. The van der Waals surface area contributed by atoms with E-state index in [0.717, 1.165) is 64.2 Å². The zero-order chi connectivity index (χ0) is 72.7. The number of allylic oxidation sites excluding steroid dienone is 3. The van der Waals surface area contributed by atoms with Gasteiger partial charge in [0.1, 0.15) is 24.4 Å². The van der Waals surface area contributed by atoms with Crippen molar-refractivity contribution in [3.63, 3.8) is 0 Å². The summed E-state index contributed by atoms with van der Waals surface area (Å²) >= 11 is 5.29. The van der Waals surface area contributed by atoms with Crippen LogP contribution in [-0.4, -0.2) is 132 Å². The molecule has 1 amide bonds. The second kappa shape index (κ2) is 63.5. The summed E-state index contributed by atoms with van der Waals surface area (Å²) in [5.41, 5.74) is 7.04. The number of ketones is 1. The van der Waals surface area contributed by atoms with Gasteiger partial charge in [0.15, 0.2) is 12.1 Å². The van der Waals surface area contributed by atoms with Gasteiger partial charge in [-0.1, -0.05) is 192 Å². The van der Waals surface area contributed by atoms with Crippen molar-refractivity contribution in [1.82, 2.24) is 5.32 Å². The van der Waals surface area contributed by atoms with Gasteiger partial charge >= 0.3 is 7.82 Å². The summed E-state index contributed by atoms with van der Waals surface area (Å²) in [5.74, 6) is 30.8. The molecule has 0 aromatic rings. The molecule has 0 bridgehead atoms. The lowest BCUT2D eigenvalue weighted by atomic mass is 9.88. The molecule has 2 aliphatic rings. The Kier molecular flexibility index (Phi) is 58.7. The number of phosphoric acid groups is 1. The Morgan fingerprint density at radius 1 is 0.626 bits per heavy atom. The van der Waals surface area contributed by atoms with Crippen LogP contribution in [0.15, 0.2) is 49.8 Å². The number of nitrogens with two attached hydrogens (primary N) is 1. The number of methoxy groups -OCH3 is 2. The molecule has 0 radical (unpaired) electrons. The number of Topliss-reactive ketones (excluding diaryl/α,β-unsaturated/α-hetero) is 1. The van der Waals surface area contributed by atoms with E-state index in [-0.39, 0.29) is 50.8 Å². The van der Waals surface area contributed by atoms with Crippen LogP contribution in [0.25, 0.3) is 0 Å². The monoisotopic (exact) mass is 1410 g/mol. The number of amides is 1. The number of phosphoric ester groups is 1. The third-order valence-electron chi connectivity index (χ3n) is 16.2. The first-order chi connectivity index (χ1) is 48.2. The molecule has 2 aliphatic heterocycles. The zero-order valence-corrected chi connectivity index (χ0v) is 62.6. The first kappa shape index (κ1) is 91.6. The van der Waals surface area contributed by atoms with Gasteiger partial charge in [-0.2, -0.15) is 0 Å². The number of carbonyl (C=O) groups excluding carboxylic acids is 3. The van der Waals surface area contributed by atoms with E-state index in [1.165, 1.54) is 135 Å². The molecule has 0 aromatic heterocycles. The van der Waals surface area contributed by atoms with Crippen molar-refractivity contribution in [3.05, 3.63) is 49.8 Å². The van der Waals surface area contributed by atoms with Crippen molar-refractivity contribution >= 4 is 36.4 Å². The maximum absolute atomic E-state index is 14.1. The molecule has 17 nitrogen and oxygen atoms in total. The van der Waals surface area contributed by atoms with Crippen LogP contribution in [0.4, 0.5) is 0 Å². The van der Waals surface area contributed by atoms with E-state index in [0.29, 0.717) is 19.4 Å². The summed E-state index contributed by atoms with van der Waals surface area (Å²) in [6, 6.07) is -1.86. The smallest absolute Gasteiger partial charge is 0.471 e. The Morgan fingerprint density at radius 3 is 1.69 bits per heavy atom. The predicted octanol–water partition coefficient (Wildman–Crippen LogP) is 15.5. The molecule has 3 N–H and O–H groups in total. The first-order valence-corrected chi connectivity index (χ1v) is 38.1. The molecule has 0 spiro atoms. The molecule has 11 atom stereocenters. The Balaban J connectivity index is 0.00000210. The van der Waals surface area contributed by atoms with E-state index in [9.17, 15) is 18.9 Å². The Morgan fingerprint density at radius 2 is 1.14 bits per heavy atom. The van der Waals surface area contributed by atoms with E-state index in [2.05, 4.69) is 128 Å². The molecule has 2 rings (SSSR count). The Bertz CT molecular complexity index is 2750. The quantitative estimate of drug-likeness (QED) is 0.0110. The average molecular weight is 1420 g/mol. The van der Waals surface area contributed by atoms with Gasteiger partial charge in [-0.3, -0.25) is 28.0 Å². The Hall–Kier alpha value is -5.43. The second-order valence-corrected chi connectivity index (χ2v) is 26.5. The lowest BCUT2D eigenvalue weighted by Gasteiger charge is -2.47. The van der Waals surface area contributed by atoms with Gasteiger partial charge in [0.25, 0.3) is 0 Å². The lowest BCUT2D eigenvalue weighted by molar-refractivity contribution is -0.294. The third-order valence-corrected chi connectivity index (χ3v) is 17.8. The largest absolute Gasteiger partial charge is 0.475 e. The number of carbonyl (C=O) groups is 3. The Labute approximate surface area is 602 Å². The highest BCUT2D eigenvalue weighted by atomic mass is 35.5. The normalized spacial score (nSPS) is 20.3. The van der Waals surface area contributed by atoms with Crippen LogP contribution in [0.3, 0.4) is 0 Å². The van der Waals surface area contributed by atoms with Gasteiger partial charge in [-0.05, 0) is 141 Å². The van der Waals surface area contributed by atoms with Gasteiger partial charge in [0.05, 0.1) is 69.9 Å². The maximum atomic E-state index is 14.1. The third kappa shape index (κ3) is 46.7. The van der Waals surface area contributed by atoms with Crippen molar-refractivity contribution in [2.75, 3.05) is 53.9 Å². The minimum absolute atomic E-state index is 0.0397. The number of hydrogen-bond donors (Lipinski definition) is 2. The van der Waals surface area contributed by atoms with Crippen LogP contribution in [-0.2, 0) is 70.4 Å². The summed E-state index contributed by atoms with van der Waals surface area (Å²) < 4.78 is 82.0. The topological polar surface area (TPSA) is 208 Å². The van der Waals surface area contributed by atoms with E-state index in [4.69, 9.17) is 75.2 Å². The van der Waals surface area contributed by atoms with Crippen LogP contribution in [0.1, 0.15) is 234 Å². The predicted molar refractivity (Wildman–Crippen MR) is 396 cm³/mol. The number of halogens is 1. The molecular weight excluding hydrogens is 1300 g/mol.